The molecule has 0 saturated heterocycles. The van der Waals surface area contributed by atoms with E-state index in [1.807, 2.05) is 98.8 Å². The lowest BCUT2D eigenvalue weighted by Gasteiger charge is -2.02. The summed E-state index contributed by atoms with van der Waals surface area (Å²) in [4.78, 5) is 24.1. The molecule has 0 radical (unpaired) electrons. The molecule has 0 N–H and O–H groups in total. The Balaban J connectivity index is 0.000000107. The summed E-state index contributed by atoms with van der Waals surface area (Å²) in [5.41, 5.74) is 17.1. The van der Waals surface area contributed by atoms with E-state index in [1.165, 1.54) is 27.8 Å². The Kier molecular flexibility index (Phi) is 6.91. The number of aryl methyl sites for hydroxylation is 3. The van der Waals surface area contributed by atoms with Crippen molar-refractivity contribution < 1.29 is 9.59 Å². The van der Waals surface area contributed by atoms with Crippen LogP contribution in [0, 0.1) is 20.8 Å². The molecule has 0 aromatic heterocycles. The predicted molar refractivity (Wildman–Crippen MR) is 180 cm³/mol. The van der Waals surface area contributed by atoms with Gasteiger partial charge in [0.05, 0.1) is 0 Å². The summed E-state index contributed by atoms with van der Waals surface area (Å²) in [6.07, 6.45) is 1.11. The molecule has 0 spiro atoms. The van der Waals surface area contributed by atoms with E-state index in [1.54, 1.807) is 0 Å². The molecule has 3 aliphatic carbocycles. The van der Waals surface area contributed by atoms with Gasteiger partial charge in [0.15, 0.2) is 11.6 Å². The zero-order valence-corrected chi connectivity index (χ0v) is 25.1. The minimum Gasteiger partial charge on any atom is -0.289 e. The van der Waals surface area contributed by atoms with Crippen LogP contribution in [-0.4, -0.2) is 11.6 Å². The fourth-order valence-corrected chi connectivity index (χ4v) is 6.70. The van der Waals surface area contributed by atoms with Crippen molar-refractivity contribution in [1.82, 2.24) is 0 Å². The second-order valence-electron chi connectivity index (χ2n) is 11.7. The molecule has 2 heteroatoms. The third-order valence-corrected chi connectivity index (χ3v) is 8.93. The van der Waals surface area contributed by atoms with E-state index in [2.05, 4.69) is 49.4 Å². The number of benzene rings is 6. The zero-order valence-electron chi connectivity index (χ0n) is 25.1. The van der Waals surface area contributed by atoms with Crippen LogP contribution in [0.1, 0.15) is 59.7 Å². The molecule has 0 saturated carbocycles. The molecule has 212 valence electrons. The molecule has 3 aliphatic rings. The van der Waals surface area contributed by atoms with E-state index in [4.69, 9.17) is 0 Å². The van der Waals surface area contributed by atoms with Gasteiger partial charge in [0.1, 0.15) is 0 Å². The van der Waals surface area contributed by atoms with Gasteiger partial charge < -0.3 is 0 Å². The Hall–Kier alpha value is -5.34. The maximum absolute atomic E-state index is 12.1. The minimum atomic E-state index is 0.157. The first-order valence-electron chi connectivity index (χ1n) is 15.1. The molecule has 9 rings (SSSR count). The summed E-state index contributed by atoms with van der Waals surface area (Å²) in [6, 6.07) is 42.9. The molecule has 0 atom stereocenters. The first-order chi connectivity index (χ1) is 21.4. The first-order valence-corrected chi connectivity index (χ1v) is 15.1. The van der Waals surface area contributed by atoms with Gasteiger partial charge in [-0.3, -0.25) is 9.59 Å². The van der Waals surface area contributed by atoms with E-state index in [0.29, 0.717) is 0 Å². The van der Waals surface area contributed by atoms with Crippen molar-refractivity contribution in [2.24, 2.45) is 0 Å². The summed E-state index contributed by atoms with van der Waals surface area (Å²) >= 11 is 0. The minimum absolute atomic E-state index is 0.157. The van der Waals surface area contributed by atoms with E-state index >= 15 is 0 Å². The lowest BCUT2D eigenvalue weighted by atomic mass is 10.0. The highest BCUT2D eigenvalue weighted by atomic mass is 16.1. The molecule has 0 unspecified atom stereocenters. The average molecular weight is 569 g/mol. The summed E-state index contributed by atoms with van der Waals surface area (Å²) in [5.74, 6) is 0.322. The Morgan fingerprint density at radius 1 is 0.409 bits per heavy atom. The summed E-state index contributed by atoms with van der Waals surface area (Å²) in [5, 5.41) is 0. The van der Waals surface area contributed by atoms with Crippen LogP contribution in [-0.2, 0) is 6.42 Å². The smallest absolute Gasteiger partial charge is 0.194 e. The fraction of sp³-hybridized carbons (Fsp3) is 0.0952. The summed E-state index contributed by atoms with van der Waals surface area (Å²) in [6.45, 7) is 6.20. The van der Waals surface area contributed by atoms with Gasteiger partial charge in [-0.1, -0.05) is 127 Å². The Labute approximate surface area is 258 Å². The maximum atomic E-state index is 12.1. The molecule has 0 bridgehead atoms. The summed E-state index contributed by atoms with van der Waals surface area (Å²) in [7, 11) is 0. The first kappa shape index (κ1) is 27.5. The summed E-state index contributed by atoms with van der Waals surface area (Å²) < 4.78 is 0. The average Bonchev–Trinajstić information content (AvgIpc) is 3.67. The van der Waals surface area contributed by atoms with Crippen LogP contribution in [0.15, 0.2) is 127 Å². The van der Waals surface area contributed by atoms with E-state index in [0.717, 1.165) is 62.1 Å². The molecule has 0 fully saturated rings. The van der Waals surface area contributed by atoms with Crippen LogP contribution >= 0.6 is 0 Å². The van der Waals surface area contributed by atoms with Crippen molar-refractivity contribution in [3.63, 3.8) is 0 Å². The monoisotopic (exact) mass is 568 g/mol. The number of hydrogen-bond acceptors (Lipinski definition) is 2. The molecule has 0 heterocycles. The van der Waals surface area contributed by atoms with Crippen molar-refractivity contribution in [3.05, 3.63) is 177 Å². The number of fused-ring (bicyclic) bond motifs is 9. The number of carbonyl (C=O) groups excluding carboxylic acids is 2. The highest BCUT2D eigenvalue weighted by Crippen LogP contribution is 2.39. The van der Waals surface area contributed by atoms with Crippen LogP contribution in [0.5, 0.6) is 0 Å². The Morgan fingerprint density at radius 2 is 0.932 bits per heavy atom. The van der Waals surface area contributed by atoms with Gasteiger partial charge in [-0.25, -0.2) is 0 Å². The van der Waals surface area contributed by atoms with Gasteiger partial charge in [-0.15, -0.1) is 0 Å². The second-order valence-corrected chi connectivity index (χ2v) is 11.7. The maximum Gasteiger partial charge on any atom is 0.194 e. The van der Waals surface area contributed by atoms with Crippen molar-refractivity contribution in [3.8, 4) is 33.4 Å². The molecular weight excluding hydrogens is 536 g/mol. The fourth-order valence-electron chi connectivity index (χ4n) is 6.70. The SMILES string of the molecule is Cc1ccc2c(c1)C(=O)c1ccccc1-2.Cc1cccc2c1C(=O)c1ccccc1-2.Cc1cccc2c1Cc1ccccc1-2. The normalized spacial score (nSPS) is 12.4. The lowest BCUT2D eigenvalue weighted by Crippen LogP contribution is -1.97. The van der Waals surface area contributed by atoms with Crippen molar-refractivity contribution >= 4 is 11.6 Å². The van der Waals surface area contributed by atoms with Gasteiger partial charge in [-0.05, 0) is 88.9 Å². The third-order valence-electron chi connectivity index (χ3n) is 8.93. The number of carbonyl (C=O) groups is 2. The van der Waals surface area contributed by atoms with Crippen LogP contribution in [0.2, 0.25) is 0 Å². The molecule has 0 amide bonds. The molecule has 6 aromatic carbocycles. The molecule has 2 nitrogen and oxygen atoms in total. The highest BCUT2D eigenvalue weighted by Gasteiger charge is 2.27. The van der Waals surface area contributed by atoms with E-state index < -0.39 is 0 Å². The van der Waals surface area contributed by atoms with Crippen molar-refractivity contribution in [1.29, 1.82) is 0 Å². The van der Waals surface area contributed by atoms with Gasteiger partial charge in [0.25, 0.3) is 0 Å². The van der Waals surface area contributed by atoms with Gasteiger partial charge in [0, 0.05) is 22.3 Å². The highest BCUT2D eigenvalue weighted by molar-refractivity contribution is 6.22. The number of hydrogen-bond donors (Lipinski definition) is 0. The van der Waals surface area contributed by atoms with Crippen LogP contribution < -0.4 is 0 Å². The van der Waals surface area contributed by atoms with Gasteiger partial charge in [0.2, 0.25) is 0 Å². The Bertz CT molecular complexity index is 2110. The molecule has 0 aliphatic heterocycles. The number of rotatable bonds is 0. The predicted octanol–water partition coefficient (Wildman–Crippen LogP) is 9.98. The molecule has 44 heavy (non-hydrogen) atoms. The molecule has 6 aromatic rings. The topological polar surface area (TPSA) is 34.1 Å². The lowest BCUT2D eigenvalue weighted by molar-refractivity contribution is 0.103. The van der Waals surface area contributed by atoms with Crippen LogP contribution in [0.25, 0.3) is 33.4 Å². The third kappa shape index (κ3) is 4.60. The van der Waals surface area contributed by atoms with Gasteiger partial charge >= 0.3 is 0 Å². The van der Waals surface area contributed by atoms with Crippen molar-refractivity contribution in [2.75, 3.05) is 0 Å². The second kappa shape index (κ2) is 11.1. The standard InChI is InChI=1S/2C14H10O.C14H12/c1-9-5-4-8-11-10-6-2-3-7-12(10)14(15)13(9)11;1-9-6-7-11-10-4-2-3-5-12(10)14(15)13(11)8-9;1-10-5-4-8-13-12-7-3-2-6-11(12)9-14(10)13/h2*2-8H,1H3;2-8H,9H2,1H3. The number of ketones is 2. The van der Waals surface area contributed by atoms with Crippen LogP contribution in [0.4, 0.5) is 0 Å². The van der Waals surface area contributed by atoms with Crippen molar-refractivity contribution in [2.45, 2.75) is 27.2 Å². The quantitative estimate of drug-likeness (QED) is 0.182. The zero-order chi connectivity index (χ0) is 30.4. The largest absolute Gasteiger partial charge is 0.289 e. The van der Waals surface area contributed by atoms with E-state index in [-0.39, 0.29) is 11.6 Å². The Morgan fingerprint density at radius 3 is 1.66 bits per heavy atom. The van der Waals surface area contributed by atoms with Crippen LogP contribution in [0.3, 0.4) is 0 Å². The molecular formula is C42H32O2. The van der Waals surface area contributed by atoms with E-state index in [9.17, 15) is 9.59 Å². The van der Waals surface area contributed by atoms with Gasteiger partial charge in [-0.2, -0.15) is 0 Å².